The maximum atomic E-state index is 13.1. The molecular formula is C16H23F3N2. The molecule has 2 atom stereocenters. The topological polar surface area (TPSA) is 15.3 Å². The van der Waals surface area contributed by atoms with Crippen molar-refractivity contribution >= 4 is 5.69 Å². The molecule has 1 aromatic carbocycles. The van der Waals surface area contributed by atoms with Gasteiger partial charge in [-0.1, -0.05) is 19.1 Å². The molecule has 0 saturated carbocycles. The number of alkyl halides is 3. The van der Waals surface area contributed by atoms with Gasteiger partial charge in [0.05, 0.1) is 5.56 Å². The Morgan fingerprint density at radius 3 is 2.62 bits per heavy atom. The zero-order chi connectivity index (χ0) is 15.5. The molecule has 1 aromatic rings. The lowest BCUT2D eigenvalue weighted by atomic mass is 9.96. The molecule has 1 fully saturated rings. The second kappa shape index (κ2) is 6.69. The average molecular weight is 300 g/mol. The monoisotopic (exact) mass is 300 g/mol. The molecule has 1 saturated heterocycles. The van der Waals surface area contributed by atoms with Crippen LogP contribution in [0.4, 0.5) is 18.9 Å². The smallest absolute Gasteiger partial charge is 0.368 e. The van der Waals surface area contributed by atoms with Crippen LogP contribution in [-0.4, -0.2) is 25.2 Å². The van der Waals surface area contributed by atoms with Crippen LogP contribution >= 0.6 is 0 Å². The van der Waals surface area contributed by atoms with E-state index >= 15 is 0 Å². The van der Waals surface area contributed by atoms with E-state index < -0.39 is 11.7 Å². The second-order valence-corrected chi connectivity index (χ2v) is 5.73. The van der Waals surface area contributed by atoms with Crippen LogP contribution in [0, 0.1) is 0 Å². The predicted molar refractivity (Wildman–Crippen MR) is 79.6 cm³/mol. The van der Waals surface area contributed by atoms with Gasteiger partial charge in [0, 0.05) is 24.3 Å². The van der Waals surface area contributed by atoms with Gasteiger partial charge in [0.15, 0.2) is 0 Å². The number of para-hydroxylation sites is 1. The molecule has 2 unspecified atom stereocenters. The van der Waals surface area contributed by atoms with Crippen molar-refractivity contribution in [2.75, 3.05) is 18.0 Å². The highest BCUT2D eigenvalue weighted by Gasteiger charge is 2.36. The van der Waals surface area contributed by atoms with Crippen LogP contribution < -0.4 is 10.2 Å². The van der Waals surface area contributed by atoms with Crippen LogP contribution in [0.5, 0.6) is 0 Å². The highest BCUT2D eigenvalue weighted by molar-refractivity contribution is 5.56. The van der Waals surface area contributed by atoms with Crippen molar-refractivity contribution in [3.8, 4) is 0 Å². The van der Waals surface area contributed by atoms with Gasteiger partial charge in [-0.05, 0) is 44.9 Å². The fourth-order valence-electron chi connectivity index (χ4n) is 3.03. The van der Waals surface area contributed by atoms with Crippen LogP contribution in [0.25, 0.3) is 0 Å². The first-order chi connectivity index (χ1) is 9.93. The van der Waals surface area contributed by atoms with Crippen molar-refractivity contribution in [3.05, 3.63) is 29.8 Å². The molecule has 0 bridgehead atoms. The number of anilines is 1. The van der Waals surface area contributed by atoms with Crippen molar-refractivity contribution < 1.29 is 13.2 Å². The third kappa shape index (κ3) is 3.90. The van der Waals surface area contributed by atoms with E-state index in [4.69, 9.17) is 0 Å². The van der Waals surface area contributed by atoms with E-state index in [0.29, 0.717) is 18.3 Å². The van der Waals surface area contributed by atoms with E-state index in [1.807, 2.05) is 11.8 Å². The first-order valence-electron chi connectivity index (χ1n) is 7.59. The van der Waals surface area contributed by atoms with Gasteiger partial charge in [-0.3, -0.25) is 0 Å². The Bertz CT molecular complexity index is 459. The van der Waals surface area contributed by atoms with E-state index in [9.17, 15) is 13.2 Å². The number of hydrogen-bond donors (Lipinski definition) is 1. The van der Waals surface area contributed by atoms with Crippen molar-refractivity contribution in [3.63, 3.8) is 0 Å². The molecule has 118 valence electrons. The number of halogens is 3. The minimum absolute atomic E-state index is 0.108. The average Bonchev–Trinajstić information content (AvgIpc) is 2.44. The largest absolute Gasteiger partial charge is 0.418 e. The first kappa shape index (κ1) is 16.1. The van der Waals surface area contributed by atoms with E-state index in [1.54, 1.807) is 12.1 Å². The summed E-state index contributed by atoms with van der Waals surface area (Å²) >= 11 is 0. The van der Waals surface area contributed by atoms with E-state index in [-0.39, 0.29) is 6.04 Å². The van der Waals surface area contributed by atoms with Gasteiger partial charge in [-0.2, -0.15) is 13.2 Å². The number of nitrogens with one attached hydrogen (secondary N) is 1. The molecule has 0 radical (unpaired) electrons. The number of hydrogen-bond acceptors (Lipinski definition) is 2. The van der Waals surface area contributed by atoms with Gasteiger partial charge in [0.1, 0.15) is 0 Å². The minimum Gasteiger partial charge on any atom is -0.368 e. The van der Waals surface area contributed by atoms with E-state index in [1.165, 1.54) is 12.1 Å². The zero-order valence-corrected chi connectivity index (χ0v) is 12.6. The lowest BCUT2D eigenvalue weighted by Gasteiger charge is -2.40. The summed E-state index contributed by atoms with van der Waals surface area (Å²) < 4.78 is 39.4. The highest BCUT2D eigenvalue weighted by atomic mass is 19.4. The van der Waals surface area contributed by atoms with Crippen molar-refractivity contribution in [2.24, 2.45) is 0 Å². The summed E-state index contributed by atoms with van der Waals surface area (Å²) in [7, 11) is 0. The lowest BCUT2D eigenvalue weighted by molar-refractivity contribution is -0.137. The molecule has 0 aliphatic carbocycles. The molecule has 1 N–H and O–H groups in total. The quantitative estimate of drug-likeness (QED) is 0.902. The Morgan fingerprint density at radius 1 is 1.29 bits per heavy atom. The summed E-state index contributed by atoms with van der Waals surface area (Å²) in [5, 5.41) is 3.47. The van der Waals surface area contributed by atoms with Gasteiger partial charge < -0.3 is 10.2 Å². The van der Waals surface area contributed by atoms with E-state index in [0.717, 1.165) is 25.8 Å². The van der Waals surface area contributed by atoms with Gasteiger partial charge in [-0.15, -0.1) is 0 Å². The lowest BCUT2D eigenvalue weighted by Crippen LogP contribution is -2.48. The number of nitrogens with zero attached hydrogens (tertiary/aromatic N) is 1. The number of rotatable bonds is 4. The normalized spacial score (nSPS) is 23.4. The van der Waals surface area contributed by atoms with Crippen LogP contribution in [-0.2, 0) is 6.18 Å². The van der Waals surface area contributed by atoms with Crippen molar-refractivity contribution in [1.82, 2.24) is 5.32 Å². The molecule has 1 aliphatic rings. The molecule has 1 aliphatic heterocycles. The first-order valence-corrected chi connectivity index (χ1v) is 7.59. The molecule has 5 heteroatoms. The van der Waals surface area contributed by atoms with Gasteiger partial charge in [0.25, 0.3) is 0 Å². The Labute approximate surface area is 124 Å². The molecule has 0 aromatic heterocycles. The predicted octanol–water partition coefficient (Wildman–Crippen LogP) is 4.06. The van der Waals surface area contributed by atoms with Crippen molar-refractivity contribution in [2.45, 2.75) is 51.4 Å². The Morgan fingerprint density at radius 2 is 2.00 bits per heavy atom. The summed E-state index contributed by atoms with van der Waals surface area (Å²) in [6.07, 6.45) is -1.46. The zero-order valence-electron chi connectivity index (χ0n) is 12.6. The fraction of sp³-hybridized carbons (Fsp3) is 0.625. The highest BCUT2D eigenvalue weighted by Crippen LogP contribution is 2.38. The minimum atomic E-state index is -4.30. The third-order valence-corrected chi connectivity index (χ3v) is 4.08. The number of piperidine rings is 1. The van der Waals surface area contributed by atoms with Gasteiger partial charge in [0.2, 0.25) is 0 Å². The molecule has 0 spiro atoms. The molecule has 1 heterocycles. The SMILES string of the molecule is CCCNC1CCN(c2ccccc2C(F)(F)F)C(C)C1. The summed E-state index contributed by atoms with van der Waals surface area (Å²) in [4.78, 5) is 1.90. The standard InChI is InChI=1S/C16H23F3N2/c1-3-9-20-13-8-10-21(12(2)11-13)15-7-5-4-6-14(15)16(17,18)19/h4-7,12-13,20H,3,8-11H2,1-2H3. The third-order valence-electron chi connectivity index (χ3n) is 4.08. The van der Waals surface area contributed by atoms with Crippen LogP contribution in [0.1, 0.15) is 38.7 Å². The molecular weight excluding hydrogens is 277 g/mol. The molecule has 0 amide bonds. The summed E-state index contributed by atoms with van der Waals surface area (Å²) in [6.45, 7) is 5.75. The Balaban J connectivity index is 2.14. The number of benzene rings is 1. The summed E-state index contributed by atoms with van der Waals surface area (Å²) in [5.41, 5.74) is -0.219. The Kier molecular flexibility index (Phi) is 5.14. The summed E-state index contributed by atoms with van der Waals surface area (Å²) in [6, 6.07) is 6.40. The van der Waals surface area contributed by atoms with Crippen LogP contribution in [0.15, 0.2) is 24.3 Å². The van der Waals surface area contributed by atoms with Crippen molar-refractivity contribution in [1.29, 1.82) is 0 Å². The van der Waals surface area contributed by atoms with Gasteiger partial charge in [-0.25, -0.2) is 0 Å². The van der Waals surface area contributed by atoms with E-state index in [2.05, 4.69) is 12.2 Å². The van der Waals surface area contributed by atoms with Crippen LogP contribution in [0.2, 0.25) is 0 Å². The second-order valence-electron chi connectivity index (χ2n) is 5.73. The molecule has 21 heavy (non-hydrogen) atoms. The van der Waals surface area contributed by atoms with Gasteiger partial charge >= 0.3 is 6.18 Å². The summed E-state index contributed by atoms with van der Waals surface area (Å²) in [5.74, 6) is 0. The fourth-order valence-corrected chi connectivity index (χ4v) is 3.03. The van der Waals surface area contributed by atoms with Crippen LogP contribution in [0.3, 0.4) is 0 Å². The molecule has 2 nitrogen and oxygen atoms in total. The maximum absolute atomic E-state index is 13.1. The maximum Gasteiger partial charge on any atom is 0.418 e. The Hall–Kier alpha value is -1.23. The molecule has 2 rings (SSSR count).